The lowest BCUT2D eigenvalue weighted by Gasteiger charge is -2.30. The van der Waals surface area contributed by atoms with E-state index in [-0.39, 0.29) is 0 Å². The molecule has 1 aromatic carbocycles. The molecule has 0 bridgehead atoms. The first-order valence-corrected chi connectivity index (χ1v) is 6.22. The van der Waals surface area contributed by atoms with Crippen LogP contribution in [0.15, 0.2) is 36.7 Å². The van der Waals surface area contributed by atoms with Crippen molar-refractivity contribution < 1.29 is 0 Å². The first kappa shape index (κ1) is 11.0. The van der Waals surface area contributed by atoms with Crippen LogP contribution in [0.5, 0.6) is 0 Å². The van der Waals surface area contributed by atoms with Crippen LogP contribution in [0.4, 0.5) is 11.4 Å². The maximum absolute atomic E-state index is 5.84. The molecule has 2 N–H and O–H groups in total. The van der Waals surface area contributed by atoms with Gasteiger partial charge in [-0.2, -0.15) is 0 Å². The largest absolute Gasteiger partial charge is 0.399 e. The Hall–Kier alpha value is -2.10. The summed E-state index contributed by atoms with van der Waals surface area (Å²) in [5, 5.41) is 0. The van der Waals surface area contributed by atoms with Gasteiger partial charge >= 0.3 is 0 Å². The molecule has 0 aliphatic carbocycles. The Morgan fingerprint density at radius 2 is 2.06 bits per heavy atom. The molecule has 4 nitrogen and oxygen atoms in total. The molecule has 2 aromatic rings. The normalized spacial score (nSPS) is 14.3. The van der Waals surface area contributed by atoms with Crippen molar-refractivity contribution in [1.29, 1.82) is 0 Å². The molecule has 0 unspecified atom stereocenters. The van der Waals surface area contributed by atoms with Crippen LogP contribution in [0.2, 0.25) is 0 Å². The Morgan fingerprint density at radius 3 is 2.89 bits per heavy atom. The van der Waals surface area contributed by atoms with Gasteiger partial charge in [-0.15, -0.1) is 0 Å². The lowest BCUT2D eigenvalue weighted by Crippen LogP contribution is -2.29. The van der Waals surface area contributed by atoms with Crippen molar-refractivity contribution in [1.82, 2.24) is 9.97 Å². The monoisotopic (exact) mass is 240 g/mol. The third-order valence-electron chi connectivity index (χ3n) is 3.27. The summed E-state index contributed by atoms with van der Waals surface area (Å²) in [5.74, 6) is 0.863. The maximum Gasteiger partial charge on any atom is 0.147 e. The first-order valence-electron chi connectivity index (χ1n) is 6.22. The molecular formula is C14H16N4. The van der Waals surface area contributed by atoms with E-state index in [2.05, 4.69) is 27.0 Å². The average Bonchev–Trinajstić information content (AvgIpc) is 2.40. The second-order valence-electron chi connectivity index (χ2n) is 4.58. The molecule has 1 aliphatic heterocycles. The highest BCUT2D eigenvalue weighted by Gasteiger charge is 2.17. The van der Waals surface area contributed by atoms with Crippen LogP contribution in [0.1, 0.15) is 17.8 Å². The van der Waals surface area contributed by atoms with Crippen LogP contribution in [0.3, 0.4) is 0 Å². The topological polar surface area (TPSA) is 55.0 Å². The molecule has 1 aliphatic rings. The zero-order valence-electron chi connectivity index (χ0n) is 10.2. The van der Waals surface area contributed by atoms with E-state index in [0.29, 0.717) is 0 Å². The summed E-state index contributed by atoms with van der Waals surface area (Å²) in [4.78, 5) is 10.9. The summed E-state index contributed by atoms with van der Waals surface area (Å²) in [7, 11) is 0. The van der Waals surface area contributed by atoms with E-state index in [1.54, 1.807) is 12.4 Å². The summed E-state index contributed by atoms with van der Waals surface area (Å²) >= 11 is 0. The number of hydrogen-bond acceptors (Lipinski definition) is 4. The molecule has 1 aromatic heterocycles. The fourth-order valence-corrected chi connectivity index (χ4v) is 2.44. The number of rotatable bonds is 2. The van der Waals surface area contributed by atoms with E-state index in [1.807, 2.05) is 12.1 Å². The lowest BCUT2D eigenvalue weighted by atomic mass is 10.0. The van der Waals surface area contributed by atoms with Gasteiger partial charge in [-0.3, -0.25) is 0 Å². The lowest BCUT2D eigenvalue weighted by molar-refractivity contribution is 0.674. The van der Waals surface area contributed by atoms with Crippen LogP contribution < -0.4 is 10.6 Å². The van der Waals surface area contributed by atoms with Gasteiger partial charge in [0.15, 0.2) is 0 Å². The summed E-state index contributed by atoms with van der Waals surface area (Å²) < 4.78 is 0. The number of hydrogen-bond donors (Lipinski definition) is 1. The standard InChI is InChI=1S/C14H16N4/c15-12-4-5-13-11(9-12)3-1-8-18(13)10-14-16-6-2-7-17-14/h2,4-7,9H,1,3,8,10,15H2. The van der Waals surface area contributed by atoms with Gasteiger partial charge in [0.05, 0.1) is 6.54 Å². The van der Waals surface area contributed by atoms with E-state index in [1.165, 1.54) is 11.3 Å². The Morgan fingerprint density at radius 1 is 1.22 bits per heavy atom. The van der Waals surface area contributed by atoms with Crippen molar-refractivity contribution in [2.45, 2.75) is 19.4 Å². The van der Waals surface area contributed by atoms with Gasteiger partial charge in [-0.25, -0.2) is 9.97 Å². The van der Waals surface area contributed by atoms with Gasteiger partial charge < -0.3 is 10.6 Å². The van der Waals surface area contributed by atoms with E-state index >= 15 is 0 Å². The number of fused-ring (bicyclic) bond motifs is 1. The van der Waals surface area contributed by atoms with Crippen LogP contribution in [-0.2, 0) is 13.0 Å². The van der Waals surface area contributed by atoms with Gasteiger partial charge in [0.2, 0.25) is 0 Å². The molecule has 0 radical (unpaired) electrons. The molecule has 0 saturated carbocycles. The third-order valence-corrected chi connectivity index (χ3v) is 3.27. The Labute approximate surface area is 106 Å². The molecule has 0 saturated heterocycles. The molecule has 4 heteroatoms. The zero-order chi connectivity index (χ0) is 12.4. The van der Waals surface area contributed by atoms with Crippen LogP contribution in [0.25, 0.3) is 0 Å². The number of anilines is 2. The van der Waals surface area contributed by atoms with Crippen molar-refractivity contribution in [2.24, 2.45) is 0 Å². The highest BCUT2D eigenvalue weighted by molar-refractivity contribution is 5.61. The Bertz CT molecular complexity index is 539. The highest BCUT2D eigenvalue weighted by Crippen LogP contribution is 2.29. The minimum absolute atomic E-state index is 0.762. The maximum atomic E-state index is 5.84. The third kappa shape index (κ3) is 2.14. The molecule has 2 heterocycles. The highest BCUT2D eigenvalue weighted by atomic mass is 15.2. The molecule has 0 atom stereocenters. The molecule has 18 heavy (non-hydrogen) atoms. The van der Waals surface area contributed by atoms with Crippen LogP contribution in [-0.4, -0.2) is 16.5 Å². The number of nitrogens with zero attached hydrogens (tertiary/aromatic N) is 3. The summed E-state index contributed by atoms with van der Waals surface area (Å²) in [5.41, 5.74) is 9.27. The predicted octanol–water partition coefficient (Wildman–Crippen LogP) is 2.01. The minimum Gasteiger partial charge on any atom is -0.399 e. The van der Waals surface area contributed by atoms with E-state index in [4.69, 9.17) is 5.73 Å². The number of aryl methyl sites for hydroxylation is 1. The van der Waals surface area contributed by atoms with Gasteiger partial charge in [-0.1, -0.05) is 0 Å². The second-order valence-corrected chi connectivity index (χ2v) is 4.58. The average molecular weight is 240 g/mol. The summed E-state index contributed by atoms with van der Waals surface area (Å²) in [6.45, 7) is 1.81. The Kier molecular flexibility index (Phi) is 2.84. The number of nitrogen functional groups attached to an aromatic ring is 1. The second kappa shape index (κ2) is 4.64. The fourth-order valence-electron chi connectivity index (χ4n) is 2.44. The van der Waals surface area contributed by atoms with E-state index in [0.717, 1.165) is 37.4 Å². The van der Waals surface area contributed by atoms with Crippen molar-refractivity contribution in [2.75, 3.05) is 17.2 Å². The first-order chi connectivity index (χ1) is 8.83. The molecular weight excluding hydrogens is 224 g/mol. The zero-order valence-corrected chi connectivity index (χ0v) is 10.2. The van der Waals surface area contributed by atoms with Crippen molar-refractivity contribution in [3.63, 3.8) is 0 Å². The van der Waals surface area contributed by atoms with Gasteiger partial charge in [0, 0.05) is 30.3 Å². The quantitative estimate of drug-likeness (QED) is 0.816. The van der Waals surface area contributed by atoms with Crippen molar-refractivity contribution in [3.8, 4) is 0 Å². The SMILES string of the molecule is Nc1ccc2c(c1)CCCN2Cc1ncccn1. The fraction of sp³-hybridized carbons (Fsp3) is 0.286. The molecule has 92 valence electrons. The van der Waals surface area contributed by atoms with Gasteiger partial charge in [0.25, 0.3) is 0 Å². The number of benzene rings is 1. The molecule has 0 fully saturated rings. The van der Waals surface area contributed by atoms with Crippen molar-refractivity contribution in [3.05, 3.63) is 48.0 Å². The van der Waals surface area contributed by atoms with Crippen LogP contribution >= 0.6 is 0 Å². The van der Waals surface area contributed by atoms with E-state index < -0.39 is 0 Å². The number of aromatic nitrogens is 2. The van der Waals surface area contributed by atoms with E-state index in [9.17, 15) is 0 Å². The molecule has 0 amide bonds. The smallest absolute Gasteiger partial charge is 0.147 e. The summed E-state index contributed by atoms with van der Waals surface area (Å²) in [6, 6.07) is 7.98. The predicted molar refractivity (Wildman–Crippen MR) is 72.3 cm³/mol. The number of nitrogens with two attached hydrogens (primary N) is 1. The van der Waals surface area contributed by atoms with Gasteiger partial charge in [-0.05, 0) is 42.7 Å². The van der Waals surface area contributed by atoms with Gasteiger partial charge in [0.1, 0.15) is 5.82 Å². The van der Waals surface area contributed by atoms with Crippen molar-refractivity contribution >= 4 is 11.4 Å². The minimum atomic E-state index is 0.762. The molecule has 3 rings (SSSR count). The van der Waals surface area contributed by atoms with Crippen LogP contribution in [0, 0.1) is 0 Å². The molecule has 0 spiro atoms. The Balaban J connectivity index is 1.87. The summed E-state index contributed by atoms with van der Waals surface area (Å²) in [6.07, 6.45) is 5.84.